The van der Waals surface area contributed by atoms with E-state index >= 15 is 0 Å². The first-order valence-corrected chi connectivity index (χ1v) is 9.26. The van der Waals surface area contributed by atoms with Crippen LogP contribution >= 0.6 is 11.3 Å². The average Bonchev–Trinajstić information content (AvgIpc) is 3.07. The molecular weight excluding hydrogens is 420 g/mol. The van der Waals surface area contributed by atoms with E-state index in [4.69, 9.17) is 4.74 Å². The monoisotopic (exact) mass is 435 g/mol. The molecule has 0 fully saturated rings. The van der Waals surface area contributed by atoms with E-state index in [1.807, 2.05) is 0 Å². The van der Waals surface area contributed by atoms with Gasteiger partial charge in [0.15, 0.2) is 5.13 Å². The van der Waals surface area contributed by atoms with Crippen LogP contribution in [0.3, 0.4) is 0 Å². The number of nitro benzene ring substituents is 1. The molecule has 0 saturated carbocycles. The van der Waals surface area contributed by atoms with Gasteiger partial charge in [-0.3, -0.25) is 20.2 Å². The van der Waals surface area contributed by atoms with Gasteiger partial charge in [-0.2, -0.15) is 8.78 Å². The number of halogens is 2. The van der Waals surface area contributed by atoms with Crippen molar-refractivity contribution in [3.05, 3.63) is 63.0 Å². The number of hydrogen-bond donors (Lipinski definition) is 1. The molecular formula is C19H15F2N3O5S. The second-order valence-corrected chi connectivity index (χ2v) is 7.12. The van der Waals surface area contributed by atoms with E-state index in [-0.39, 0.29) is 22.1 Å². The number of carbonyl (C=O) groups excluding carboxylic acids is 1. The van der Waals surface area contributed by atoms with Gasteiger partial charge < -0.3 is 9.47 Å². The minimum absolute atomic E-state index is 0.0143. The van der Waals surface area contributed by atoms with Crippen molar-refractivity contribution in [2.24, 2.45) is 0 Å². The number of anilines is 1. The SMILES string of the molecule is COc1ccc([N+](=O)[O-])c(C(=O)Nc2nc(-c3ccc(OC(F)F)cc3)c(C)s2)c1. The Bertz CT molecular complexity index is 1090. The molecule has 1 N–H and O–H groups in total. The molecule has 11 heteroatoms. The van der Waals surface area contributed by atoms with Crippen molar-refractivity contribution in [1.29, 1.82) is 0 Å². The maximum atomic E-state index is 12.6. The van der Waals surface area contributed by atoms with E-state index in [2.05, 4.69) is 15.0 Å². The number of amides is 1. The van der Waals surface area contributed by atoms with Gasteiger partial charge in [0.25, 0.3) is 11.6 Å². The van der Waals surface area contributed by atoms with Gasteiger partial charge in [0, 0.05) is 16.5 Å². The number of hydrogen-bond acceptors (Lipinski definition) is 7. The summed E-state index contributed by atoms with van der Waals surface area (Å²) in [6.07, 6.45) is 0. The standard InChI is InChI=1S/C19H15F2N3O5S/c1-10-16(11-3-5-12(6-4-11)29-18(20)21)22-19(30-10)23-17(25)14-9-13(28-2)7-8-15(14)24(26)27/h3-9,18H,1-2H3,(H,22,23,25). The third kappa shape index (κ3) is 4.69. The summed E-state index contributed by atoms with van der Waals surface area (Å²) in [5.74, 6) is -0.394. The maximum absolute atomic E-state index is 12.6. The number of methoxy groups -OCH3 is 1. The summed E-state index contributed by atoms with van der Waals surface area (Å²) in [5.41, 5.74) is 0.649. The van der Waals surface area contributed by atoms with E-state index in [1.54, 1.807) is 19.1 Å². The quantitative estimate of drug-likeness (QED) is 0.419. The number of alkyl halides is 2. The van der Waals surface area contributed by atoms with Gasteiger partial charge in [-0.15, -0.1) is 11.3 Å². The van der Waals surface area contributed by atoms with Crippen LogP contribution in [0.25, 0.3) is 11.3 Å². The van der Waals surface area contributed by atoms with Gasteiger partial charge in [-0.25, -0.2) is 4.98 Å². The third-order valence-electron chi connectivity index (χ3n) is 4.02. The Balaban J connectivity index is 1.84. The molecule has 0 atom stereocenters. The fourth-order valence-electron chi connectivity index (χ4n) is 2.66. The van der Waals surface area contributed by atoms with Crippen molar-refractivity contribution in [2.75, 3.05) is 12.4 Å². The second-order valence-electron chi connectivity index (χ2n) is 5.92. The molecule has 30 heavy (non-hydrogen) atoms. The summed E-state index contributed by atoms with van der Waals surface area (Å²) >= 11 is 1.18. The van der Waals surface area contributed by atoms with Crippen molar-refractivity contribution in [2.45, 2.75) is 13.5 Å². The van der Waals surface area contributed by atoms with Crippen LogP contribution in [0.2, 0.25) is 0 Å². The molecule has 3 aromatic rings. The molecule has 0 aliphatic heterocycles. The van der Waals surface area contributed by atoms with Crippen molar-refractivity contribution < 1.29 is 28.0 Å². The Morgan fingerprint density at radius 1 is 1.20 bits per heavy atom. The molecule has 1 amide bonds. The van der Waals surface area contributed by atoms with Gasteiger partial charge in [-0.05, 0) is 43.3 Å². The van der Waals surface area contributed by atoms with Gasteiger partial charge >= 0.3 is 6.61 Å². The van der Waals surface area contributed by atoms with Crippen LogP contribution in [0, 0.1) is 17.0 Å². The smallest absolute Gasteiger partial charge is 0.387 e. The van der Waals surface area contributed by atoms with E-state index in [0.717, 1.165) is 4.88 Å². The molecule has 0 aliphatic rings. The van der Waals surface area contributed by atoms with E-state index in [0.29, 0.717) is 17.0 Å². The molecule has 0 bridgehead atoms. The molecule has 0 unspecified atom stereocenters. The minimum Gasteiger partial charge on any atom is -0.497 e. The molecule has 1 aromatic heterocycles. The zero-order valence-corrected chi connectivity index (χ0v) is 16.5. The van der Waals surface area contributed by atoms with Gasteiger partial charge in [-0.1, -0.05) is 0 Å². The fourth-order valence-corrected chi connectivity index (χ4v) is 3.49. The van der Waals surface area contributed by atoms with Gasteiger partial charge in [0.05, 0.1) is 17.7 Å². The molecule has 3 rings (SSSR count). The maximum Gasteiger partial charge on any atom is 0.387 e. The average molecular weight is 435 g/mol. The second kappa shape index (κ2) is 8.82. The lowest BCUT2D eigenvalue weighted by molar-refractivity contribution is -0.385. The zero-order chi connectivity index (χ0) is 21.8. The van der Waals surface area contributed by atoms with Crippen LogP contribution < -0.4 is 14.8 Å². The Kier molecular flexibility index (Phi) is 6.21. The minimum atomic E-state index is -2.92. The number of carbonyl (C=O) groups is 1. The third-order valence-corrected chi connectivity index (χ3v) is 4.90. The number of ether oxygens (including phenoxy) is 2. The van der Waals surface area contributed by atoms with Crippen LogP contribution in [0.1, 0.15) is 15.2 Å². The summed E-state index contributed by atoms with van der Waals surface area (Å²) in [7, 11) is 1.39. The van der Waals surface area contributed by atoms with Crippen LogP contribution in [0.15, 0.2) is 42.5 Å². The van der Waals surface area contributed by atoms with Crippen LogP contribution in [-0.4, -0.2) is 29.5 Å². The van der Waals surface area contributed by atoms with Crippen molar-refractivity contribution in [3.63, 3.8) is 0 Å². The first-order chi connectivity index (χ1) is 14.3. The highest BCUT2D eigenvalue weighted by molar-refractivity contribution is 7.16. The van der Waals surface area contributed by atoms with Crippen LogP contribution in [-0.2, 0) is 0 Å². The van der Waals surface area contributed by atoms with Gasteiger partial charge in [0.1, 0.15) is 17.1 Å². The Hall–Kier alpha value is -3.60. The highest BCUT2D eigenvalue weighted by atomic mass is 32.1. The molecule has 0 radical (unpaired) electrons. The topological polar surface area (TPSA) is 104 Å². The summed E-state index contributed by atoms with van der Waals surface area (Å²) in [4.78, 5) is 28.3. The van der Waals surface area contributed by atoms with E-state index in [1.165, 1.54) is 48.8 Å². The molecule has 1 heterocycles. The van der Waals surface area contributed by atoms with Crippen LogP contribution in [0.4, 0.5) is 19.6 Å². The van der Waals surface area contributed by atoms with Crippen molar-refractivity contribution >= 4 is 28.1 Å². The summed E-state index contributed by atoms with van der Waals surface area (Å²) in [6.45, 7) is -1.14. The number of nitrogens with zero attached hydrogens (tertiary/aromatic N) is 2. The largest absolute Gasteiger partial charge is 0.497 e. The van der Waals surface area contributed by atoms with Crippen molar-refractivity contribution in [3.8, 4) is 22.8 Å². The fraction of sp³-hybridized carbons (Fsp3) is 0.158. The molecule has 8 nitrogen and oxygen atoms in total. The number of aryl methyl sites for hydroxylation is 1. The molecule has 2 aromatic carbocycles. The zero-order valence-electron chi connectivity index (χ0n) is 15.7. The number of thiazole rings is 1. The predicted octanol–water partition coefficient (Wildman–Crippen LogP) is 4.89. The highest BCUT2D eigenvalue weighted by Gasteiger charge is 2.22. The lowest BCUT2D eigenvalue weighted by Gasteiger charge is -2.06. The van der Waals surface area contributed by atoms with E-state index in [9.17, 15) is 23.7 Å². The molecule has 156 valence electrons. The number of benzene rings is 2. The first-order valence-electron chi connectivity index (χ1n) is 8.45. The van der Waals surface area contributed by atoms with Gasteiger partial charge in [0.2, 0.25) is 0 Å². The first kappa shape index (κ1) is 21.1. The Morgan fingerprint density at radius 3 is 2.47 bits per heavy atom. The molecule has 0 spiro atoms. The normalized spacial score (nSPS) is 10.7. The Morgan fingerprint density at radius 2 is 1.87 bits per heavy atom. The molecule has 0 saturated heterocycles. The number of nitrogens with one attached hydrogen (secondary N) is 1. The number of nitro groups is 1. The Labute approximate surface area is 173 Å². The summed E-state index contributed by atoms with van der Waals surface area (Å²) in [6, 6.07) is 9.76. The molecule has 0 aliphatic carbocycles. The number of rotatable bonds is 7. The lowest BCUT2D eigenvalue weighted by Crippen LogP contribution is -2.14. The summed E-state index contributed by atoms with van der Waals surface area (Å²) in [5, 5.41) is 14.0. The number of aromatic nitrogens is 1. The lowest BCUT2D eigenvalue weighted by atomic mass is 10.1. The summed E-state index contributed by atoms with van der Waals surface area (Å²) < 4.78 is 33.9. The highest BCUT2D eigenvalue weighted by Crippen LogP contribution is 2.32. The van der Waals surface area contributed by atoms with E-state index < -0.39 is 17.4 Å². The van der Waals surface area contributed by atoms with Crippen molar-refractivity contribution in [1.82, 2.24) is 4.98 Å². The predicted molar refractivity (Wildman–Crippen MR) is 107 cm³/mol. The van der Waals surface area contributed by atoms with Crippen LogP contribution in [0.5, 0.6) is 11.5 Å².